The first-order chi connectivity index (χ1) is 11.1. The van der Waals surface area contributed by atoms with Gasteiger partial charge in [0.15, 0.2) is 0 Å². The Morgan fingerprint density at radius 3 is 2.87 bits per heavy atom. The van der Waals surface area contributed by atoms with Gasteiger partial charge in [-0.2, -0.15) is 0 Å². The van der Waals surface area contributed by atoms with Crippen LogP contribution in [0.15, 0.2) is 35.3 Å². The van der Waals surface area contributed by atoms with Crippen LogP contribution in [0.5, 0.6) is 0 Å². The smallest absolute Gasteiger partial charge is 0.250 e. The van der Waals surface area contributed by atoms with Gasteiger partial charge in [-0.25, -0.2) is 4.98 Å². The zero-order chi connectivity index (χ0) is 16.4. The third kappa shape index (κ3) is 2.91. The summed E-state index contributed by atoms with van der Waals surface area (Å²) in [7, 11) is 1.68. The molecular formula is C17H20N4O2. The molecule has 0 unspecified atom stereocenters. The predicted octanol–water partition coefficient (Wildman–Crippen LogP) is 1.81. The second kappa shape index (κ2) is 6.36. The van der Waals surface area contributed by atoms with Crippen LogP contribution in [0, 0.1) is 6.92 Å². The average molecular weight is 312 g/mol. The van der Waals surface area contributed by atoms with Gasteiger partial charge in [-0.15, -0.1) is 0 Å². The molecule has 0 fully saturated rings. The van der Waals surface area contributed by atoms with Crippen LogP contribution < -0.4 is 11.3 Å². The molecule has 0 atom stereocenters. The molecule has 3 aromatic rings. The normalized spacial score (nSPS) is 11.3. The first kappa shape index (κ1) is 15.5. The van der Waals surface area contributed by atoms with Crippen LogP contribution in [0.3, 0.4) is 0 Å². The highest BCUT2D eigenvalue weighted by Crippen LogP contribution is 2.25. The molecule has 0 amide bonds. The molecule has 0 spiro atoms. The third-order valence-corrected chi connectivity index (χ3v) is 3.91. The summed E-state index contributed by atoms with van der Waals surface area (Å²) >= 11 is 0. The Morgan fingerprint density at radius 1 is 1.35 bits per heavy atom. The summed E-state index contributed by atoms with van der Waals surface area (Å²) in [5, 5.41) is 0. The van der Waals surface area contributed by atoms with E-state index in [9.17, 15) is 4.79 Å². The number of hydrogen-bond donors (Lipinski definition) is 2. The highest BCUT2D eigenvalue weighted by Gasteiger charge is 2.13. The monoisotopic (exact) mass is 312 g/mol. The highest BCUT2D eigenvalue weighted by atomic mass is 16.5. The standard InChI is InChI=1S/C17H20N4O2/c1-11-7-13(10-19-17(11)22)16-20-14-8-12(9-18)3-4-15(14)21(16)5-6-23-2/h3-4,7-8,10H,5-6,9,18H2,1-2H3,(H,19,22). The second-order valence-corrected chi connectivity index (χ2v) is 5.51. The van der Waals surface area contributed by atoms with Gasteiger partial charge in [0.2, 0.25) is 0 Å². The van der Waals surface area contributed by atoms with Gasteiger partial charge < -0.3 is 20.0 Å². The molecule has 0 radical (unpaired) electrons. The number of nitrogens with one attached hydrogen (secondary N) is 1. The molecule has 1 aromatic carbocycles. The Hall–Kier alpha value is -2.44. The lowest BCUT2D eigenvalue weighted by atomic mass is 10.2. The van der Waals surface area contributed by atoms with Gasteiger partial charge in [-0.3, -0.25) is 4.79 Å². The molecule has 120 valence electrons. The second-order valence-electron chi connectivity index (χ2n) is 5.51. The molecule has 0 aliphatic carbocycles. The largest absolute Gasteiger partial charge is 0.383 e. The molecule has 6 nitrogen and oxygen atoms in total. The minimum absolute atomic E-state index is 0.0845. The number of aromatic amines is 1. The van der Waals surface area contributed by atoms with E-state index >= 15 is 0 Å². The molecule has 2 heterocycles. The molecule has 23 heavy (non-hydrogen) atoms. The highest BCUT2D eigenvalue weighted by molar-refractivity contribution is 5.81. The number of methoxy groups -OCH3 is 1. The zero-order valence-corrected chi connectivity index (χ0v) is 13.3. The van der Waals surface area contributed by atoms with Crippen LogP contribution in [0.1, 0.15) is 11.1 Å². The number of nitrogens with two attached hydrogens (primary N) is 1. The first-order valence-corrected chi connectivity index (χ1v) is 7.52. The number of aromatic nitrogens is 3. The maximum Gasteiger partial charge on any atom is 0.250 e. The van der Waals surface area contributed by atoms with Crippen molar-refractivity contribution in [1.82, 2.24) is 14.5 Å². The average Bonchev–Trinajstić information content (AvgIpc) is 2.93. The maximum absolute atomic E-state index is 11.6. The van der Waals surface area contributed by atoms with E-state index in [4.69, 9.17) is 15.5 Å². The van der Waals surface area contributed by atoms with E-state index in [2.05, 4.69) is 9.55 Å². The van der Waals surface area contributed by atoms with Crippen LogP contribution in [0.25, 0.3) is 22.4 Å². The van der Waals surface area contributed by atoms with Gasteiger partial charge in [0.1, 0.15) is 5.82 Å². The van der Waals surface area contributed by atoms with Crippen LogP contribution in [0.2, 0.25) is 0 Å². The van der Waals surface area contributed by atoms with Crippen molar-refractivity contribution >= 4 is 11.0 Å². The summed E-state index contributed by atoms with van der Waals surface area (Å²) in [6, 6.07) is 7.89. The Bertz CT molecular complexity index is 895. The van der Waals surface area contributed by atoms with Gasteiger partial charge in [0, 0.05) is 37.5 Å². The van der Waals surface area contributed by atoms with Gasteiger partial charge in [0.05, 0.1) is 17.6 Å². The van der Waals surface area contributed by atoms with Crippen molar-refractivity contribution in [3.05, 3.63) is 51.9 Å². The van der Waals surface area contributed by atoms with Gasteiger partial charge in [-0.1, -0.05) is 6.07 Å². The quantitative estimate of drug-likeness (QED) is 0.752. The van der Waals surface area contributed by atoms with Gasteiger partial charge in [-0.05, 0) is 30.7 Å². The van der Waals surface area contributed by atoms with Crippen molar-refractivity contribution < 1.29 is 4.74 Å². The lowest BCUT2D eigenvalue weighted by Crippen LogP contribution is -2.10. The van der Waals surface area contributed by atoms with E-state index < -0.39 is 0 Å². The number of aryl methyl sites for hydroxylation is 1. The van der Waals surface area contributed by atoms with E-state index in [0.29, 0.717) is 25.3 Å². The zero-order valence-electron chi connectivity index (χ0n) is 13.3. The summed E-state index contributed by atoms with van der Waals surface area (Å²) in [5.41, 5.74) is 10.1. The van der Waals surface area contributed by atoms with Gasteiger partial charge in [0.25, 0.3) is 5.56 Å². The molecule has 6 heteroatoms. The minimum atomic E-state index is -0.0845. The minimum Gasteiger partial charge on any atom is -0.383 e. The molecule has 0 saturated carbocycles. The van der Waals surface area contributed by atoms with Crippen molar-refractivity contribution in [2.75, 3.05) is 13.7 Å². The fraction of sp³-hybridized carbons (Fsp3) is 0.294. The molecule has 3 rings (SSSR count). The van der Waals surface area contributed by atoms with Crippen molar-refractivity contribution in [3.63, 3.8) is 0 Å². The predicted molar refractivity (Wildman–Crippen MR) is 90.3 cm³/mol. The molecule has 3 N–H and O–H groups in total. The van der Waals surface area contributed by atoms with E-state index in [0.717, 1.165) is 28.0 Å². The van der Waals surface area contributed by atoms with Crippen LogP contribution in [0.4, 0.5) is 0 Å². The summed E-state index contributed by atoms with van der Waals surface area (Å²) in [4.78, 5) is 19.1. The Labute approximate surface area is 133 Å². The Balaban J connectivity index is 2.20. The lowest BCUT2D eigenvalue weighted by Gasteiger charge is -2.09. The number of nitrogens with zero attached hydrogens (tertiary/aromatic N) is 2. The number of pyridine rings is 1. The third-order valence-electron chi connectivity index (χ3n) is 3.91. The van der Waals surface area contributed by atoms with Crippen LogP contribution in [-0.2, 0) is 17.8 Å². The number of imidazole rings is 1. The number of hydrogen-bond acceptors (Lipinski definition) is 4. The molecule has 2 aromatic heterocycles. The fourth-order valence-electron chi connectivity index (χ4n) is 2.66. The lowest BCUT2D eigenvalue weighted by molar-refractivity contribution is 0.188. The van der Waals surface area contributed by atoms with Crippen molar-refractivity contribution in [1.29, 1.82) is 0 Å². The number of ether oxygens (including phenoxy) is 1. The fourth-order valence-corrected chi connectivity index (χ4v) is 2.66. The summed E-state index contributed by atoms with van der Waals surface area (Å²) < 4.78 is 7.32. The summed E-state index contributed by atoms with van der Waals surface area (Å²) in [6.45, 7) is 3.53. The topological polar surface area (TPSA) is 85.9 Å². The number of H-pyrrole nitrogens is 1. The summed E-state index contributed by atoms with van der Waals surface area (Å²) in [5.74, 6) is 0.811. The van der Waals surface area contributed by atoms with Gasteiger partial charge >= 0.3 is 0 Å². The van der Waals surface area contributed by atoms with E-state index in [1.165, 1.54) is 0 Å². The van der Waals surface area contributed by atoms with Crippen LogP contribution in [-0.4, -0.2) is 28.3 Å². The molecule has 0 aliphatic rings. The molecular weight excluding hydrogens is 292 g/mol. The molecule has 0 aliphatic heterocycles. The molecule has 0 saturated heterocycles. The Kier molecular flexibility index (Phi) is 4.27. The number of benzene rings is 1. The van der Waals surface area contributed by atoms with Crippen molar-refractivity contribution in [2.45, 2.75) is 20.0 Å². The van der Waals surface area contributed by atoms with E-state index in [-0.39, 0.29) is 5.56 Å². The Morgan fingerprint density at radius 2 is 2.17 bits per heavy atom. The molecule has 0 bridgehead atoms. The summed E-state index contributed by atoms with van der Waals surface area (Å²) in [6.07, 6.45) is 1.70. The van der Waals surface area contributed by atoms with Crippen molar-refractivity contribution in [2.24, 2.45) is 5.73 Å². The maximum atomic E-state index is 11.6. The number of fused-ring (bicyclic) bond motifs is 1. The van der Waals surface area contributed by atoms with E-state index in [1.807, 2.05) is 24.3 Å². The van der Waals surface area contributed by atoms with Crippen molar-refractivity contribution in [3.8, 4) is 11.4 Å². The first-order valence-electron chi connectivity index (χ1n) is 7.52. The van der Waals surface area contributed by atoms with Crippen LogP contribution >= 0.6 is 0 Å². The number of rotatable bonds is 5. The SMILES string of the molecule is COCCn1c(-c2c[nH]c(=O)c(C)c2)nc2cc(CN)ccc21. The van der Waals surface area contributed by atoms with E-state index in [1.54, 1.807) is 20.2 Å².